The van der Waals surface area contributed by atoms with Crippen LogP contribution in [0, 0.1) is 0 Å². The van der Waals surface area contributed by atoms with Gasteiger partial charge in [0.2, 0.25) is 5.90 Å². The lowest BCUT2D eigenvalue weighted by molar-refractivity contribution is -0.129. The molecule has 0 aromatic heterocycles. The zero-order chi connectivity index (χ0) is 17.8. The van der Waals surface area contributed by atoms with E-state index in [1.54, 1.807) is 6.08 Å². The predicted molar refractivity (Wildman–Crippen MR) is 98.7 cm³/mol. The van der Waals surface area contributed by atoms with Crippen molar-refractivity contribution in [1.29, 1.82) is 0 Å². The molecule has 1 aliphatic rings. The summed E-state index contributed by atoms with van der Waals surface area (Å²) in [6.07, 6.45) is 1.72. The van der Waals surface area contributed by atoms with Gasteiger partial charge in [-0.1, -0.05) is 38.1 Å². The number of aliphatic imine (C=N–C) groups is 1. The highest BCUT2D eigenvalue weighted by molar-refractivity contribution is 6.12. The van der Waals surface area contributed by atoms with E-state index in [-0.39, 0.29) is 0 Å². The van der Waals surface area contributed by atoms with Gasteiger partial charge < -0.3 is 9.47 Å². The molecule has 128 valence electrons. The Labute approximate surface area is 147 Å². The van der Waals surface area contributed by atoms with Gasteiger partial charge in [0, 0.05) is 5.56 Å². The molecule has 2 aromatic rings. The van der Waals surface area contributed by atoms with Crippen LogP contribution in [-0.4, -0.2) is 18.5 Å². The van der Waals surface area contributed by atoms with Crippen LogP contribution in [0.15, 0.2) is 59.2 Å². The minimum Gasteiger partial charge on any atom is -0.494 e. The highest BCUT2D eigenvalue weighted by atomic mass is 16.6. The Morgan fingerprint density at radius 1 is 1.08 bits per heavy atom. The van der Waals surface area contributed by atoms with Gasteiger partial charge in [-0.15, -0.1) is 0 Å². The van der Waals surface area contributed by atoms with Crippen LogP contribution in [0.25, 0.3) is 6.08 Å². The van der Waals surface area contributed by atoms with Crippen LogP contribution in [-0.2, 0) is 9.53 Å². The molecule has 1 heterocycles. The first kappa shape index (κ1) is 17.0. The normalized spacial score (nSPS) is 15.4. The lowest BCUT2D eigenvalue weighted by Crippen LogP contribution is -2.05. The molecule has 1 aliphatic heterocycles. The maximum Gasteiger partial charge on any atom is 0.363 e. The molecule has 0 unspecified atom stereocenters. The van der Waals surface area contributed by atoms with Gasteiger partial charge in [0.15, 0.2) is 5.70 Å². The van der Waals surface area contributed by atoms with Crippen molar-refractivity contribution in [2.45, 2.75) is 26.7 Å². The Bertz CT molecular complexity index is 815. The van der Waals surface area contributed by atoms with Crippen LogP contribution < -0.4 is 4.74 Å². The van der Waals surface area contributed by atoms with E-state index in [4.69, 9.17) is 9.47 Å². The van der Waals surface area contributed by atoms with Crippen molar-refractivity contribution in [3.8, 4) is 5.75 Å². The topological polar surface area (TPSA) is 47.9 Å². The van der Waals surface area contributed by atoms with Crippen molar-refractivity contribution in [1.82, 2.24) is 0 Å². The highest BCUT2D eigenvalue weighted by Gasteiger charge is 2.24. The quantitative estimate of drug-likeness (QED) is 0.595. The number of nitrogens with zero attached hydrogens (tertiary/aromatic N) is 1. The molecule has 0 saturated carbocycles. The Morgan fingerprint density at radius 3 is 2.36 bits per heavy atom. The molecule has 0 atom stereocenters. The molecule has 0 N–H and O–H groups in total. The van der Waals surface area contributed by atoms with Crippen LogP contribution in [0.2, 0.25) is 0 Å². The monoisotopic (exact) mass is 335 g/mol. The van der Waals surface area contributed by atoms with Crippen LogP contribution >= 0.6 is 0 Å². The number of hydrogen-bond donors (Lipinski definition) is 0. The van der Waals surface area contributed by atoms with Crippen molar-refractivity contribution in [3.05, 3.63) is 70.9 Å². The zero-order valence-corrected chi connectivity index (χ0v) is 14.7. The molecule has 0 amide bonds. The SMILES string of the molecule is CCOc1ccc(/C=C2\N=C(c3ccc(C(C)C)cc3)OC2=O)cc1. The summed E-state index contributed by atoms with van der Waals surface area (Å²) in [5, 5.41) is 0. The van der Waals surface area contributed by atoms with E-state index in [1.165, 1.54) is 5.56 Å². The maximum atomic E-state index is 12.1. The molecule has 0 radical (unpaired) electrons. The van der Waals surface area contributed by atoms with Crippen molar-refractivity contribution < 1.29 is 14.3 Å². The number of carbonyl (C=O) groups is 1. The Morgan fingerprint density at radius 2 is 1.76 bits per heavy atom. The summed E-state index contributed by atoms with van der Waals surface area (Å²) in [6, 6.07) is 15.4. The van der Waals surface area contributed by atoms with Gasteiger partial charge in [0.1, 0.15) is 5.75 Å². The third kappa shape index (κ3) is 3.97. The van der Waals surface area contributed by atoms with Crippen molar-refractivity contribution >= 4 is 17.9 Å². The van der Waals surface area contributed by atoms with Gasteiger partial charge in [-0.3, -0.25) is 0 Å². The van der Waals surface area contributed by atoms with Crippen molar-refractivity contribution in [3.63, 3.8) is 0 Å². The van der Waals surface area contributed by atoms with Gasteiger partial charge in [0.25, 0.3) is 0 Å². The lowest BCUT2D eigenvalue weighted by Gasteiger charge is -2.05. The van der Waals surface area contributed by atoms with Crippen LogP contribution in [0.5, 0.6) is 5.75 Å². The van der Waals surface area contributed by atoms with E-state index in [0.29, 0.717) is 24.1 Å². The standard InChI is InChI=1S/C21H21NO3/c1-4-24-18-11-5-15(6-12-18)13-19-21(23)25-20(22-19)17-9-7-16(8-10-17)14(2)3/h5-14H,4H2,1-3H3/b19-13-. The van der Waals surface area contributed by atoms with Crippen LogP contribution in [0.4, 0.5) is 0 Å². The summed E-state index contributed by atoms with van der Waals surface area (Å²) < 4.78 is 10.7. The summed E-state index contributed by atoms with van der Waals surface area (Å²) in [6.45, 7) is 6.84. The second kappa shape index (κ2) is 7.34. The number of esters is 1. The molecule has 2 aromatic carbocycles. The third-order valence-electron chi connectivity index (χ3n) is 3.94. The van der Waals surface area contributed by atoms with Gasteiger partial charge in [-0.25, -0.2) is 9.79 Å². The van der Waals surface area contributed by atoms with Gasteiger partial charge in [-0.05, 0) is 54.3 Å². The highest BCUT2D eigenvalue weighted by Crippen LogP contribution is 2.22. The molecule has 0 aliphatic carbocycles. The fraction of sp³-hybridized carbons (Fsp3) is 0.238. The minimum absolute atomic E-state index is 0.298. The van der Waals surface area contributed by atoms with Crippen molar-refractivity contribution in [2.75, 3.05) is 6.61 Å². The molecule has 0 bridgehead atoms. The number of benzene rings is 2. The lowest BCUT2D eigenvalue weighted by atomic mass is 10.0. The largest absolute Gasteiger partial charge is 0.494 e. The molecule has 4 nitrogen and oxygen atoms in total. The number of rotatable bonds is 5. The second-order valence-corrected chi connectivity index (χ2v) is 6.11. The first-order valence-corrected chi connectivity index (χ1v) is 8.42. The molecule has 4 heteroatoms. The fourth-order valence-corrected chi connectivity index (χ4v) is 2.53. The maximum absolute atomic E-state index is 12.1. The van der Waals surface area contributed by atoms with E-state index >= 15 is 0 Å². The summed E-state index contributed by atoms with van der Waals surface area (Å²) in [4.78, 5) is 16.4. The average Bonchev–Trinajstić information content (AvgIpc) is 2.98. The van der Waals surface area contributed by atoms with Crippen LogP contribution in [0.3, 0.4) is 0 Å². The molecule has 25 heavy (non-hydrogen) atoms. The molecule has 0 spiro atoms. The molecule has 0 saturated heterocycles. The molecular formula is C21H21NO3. The zero-order valence-electron chi connectivity index (χ0n) is 14.7. The Balaban J connectivity index is 1.81. The fourth-order valence-electron chi connectivity index (χ4n) is 2.53. The first-order valence-electron chi connectivity index (χ1n) is 8.42. The number of cyclic esters (lactones) is 1. The molecule has 0 fully saturated rings. The third-order valence-corrected chi connectivity index (χ3v) is 3.94. The molecule has 3 rings (SSSR count). The Hall–Kier alpha value is -2.88. The minimum atomic E-state index is -0.433. The second-order valence-electron chi connectivity index (χ2n) is 6.11. The summed E-state index contributed by atoms with van der Waals surface area (Å²) in [5.41, 5.74) is 3.20. The van der Waals surface area contributed by atoms with Crippen LogP contribution in [0.1, 0.15) is 43.4 Å². The predicted octanol–water partition coefficient (Wildman–Crippen LogP) is 4.55. The summed E-state index contributed by atoms with van der Waals surface area (Å²) in [5.74, 6) is 1.17. The first-order chi connectivity index (χ1) is 12.1. The van der Waals surface area contributed by atoms with E-state index in [0.717, 1.165) is 16.9 Å². The Kier molecular flexibility index (Phi) is 4.98. The molecular weight excluding hydrogens is 314 g/mol. The smallest absolute Gasteiger partial charge is 0.363 e. The average molecular weight is 335 g/mol. The van der Waals surface area contributed by atoms with Gasteiger partial charge in [-0.2, -0.15) is 0 Å². The van der Waals surface area contributed by atoms with Gasteiger partial charge >= 0.3 is 5.97 Å². The van der Waals surface area contributed by atoms with E-state index in [9.17, 15) is 4.79 Å². The van der Waals surface area contributed by atoms with Gasteiger partial charge in [0.05, 0.1) is 6.61 Å². The number of ether oxygens (including phenoxy) is 2. The summed E-state index contributed by atoms with van der Waals surface area (Å²) in [7, 11) is 0. The van der Waals surface area contributed by atoms with Crippen molar-refractivity contribution in [2.24, 2.45) is 4.99 Å². The van der Waals surface area contributed by atoms with E-state index in [2.05, 4.69) is 18.8 Å². The van der Waals surface area contributed by atoms with E-state index < -0.39 is 5.97 Å². The number of carbonyl (C=O) groups excluding carboxylic acids is 1. The van der Waals surface area contributed by atoms with E-state index in [1.807, 2.05) is 55.5 Å². The number of hydrogen-bond acceptors (Lipinski definition) is 4. The summed E-state index contributed by atoms with van der Waals surface area (Å²) >= 11 is 0.